The lowest BCUT2D eigenvalue weighted by Gasteiger charge is -2.13. The molecule has 0 aromatic heterocycles. The number of benzene rings is 1. The number of hydrogen-bond acceptors (Lipinski definition) is 1. The number of phenolic OH excluding ortho intramolecular Hbond substituents is 1. The molecule has 1 N–H and O–H groups in total. The molecule has 78 valence electrons. The summed E-state index contributed by atoms with van der Waals surface area (Å²) in [4.78, 5) is 0.848. The first-order valence-electron chi connectivity index (χ1n) is 5.17. The van der Waals surface area contributed by atoms with E-state index in [9.17, 15) is 0 Å². The third-order valence-corrected chi connectivity index (χ3v) is 3.21. The molecule has 1 fully saturated rings. The normalized spacial score (nSPS) is 16.9. The molecule has 1 aromatic carbocycles. The van der Waals surface area contributed by atoms with Crippen molar-refractivity contribution >= 4 is 15.9 Å². The van der Waals surface area contributed by atoms with E-state index in [4.69, 9.17) is 5.11 Å². The van der Waals surface area contributed by atoms with Gasteiger partial charge in [0, 0.05) is 4.83 Å². The summed E-state index contributed by atoms with van der Waals surface area (Å²) in [5.74, 6) is 0.322. The van der Waals surface area contributed by atoms with Crippen molar-refractivity contribution in [2.45, 2.75) is 36.9 Å². The van der Waals surface area contributed by atoms with E-state index in [1.165, 1.54) is 32.1 Å². The van der Waals surface area contributed by atoms with Crippen LogP contribution >= 0.6 is 15.9 Å². The third kappa shape index (κ3) is 5.28. The maximum atomic E-state index is 8.63. The summed E-state index contributed by atoms with van der Waals surface area (Å²) in [7, 11) is 0. The quantitative estimate of drug-likeness (QED) is 0.693. The van der Waals surface area contributed by atoms with Crippen molar-refractivity contribution < 1.29 is 5.11 Å². The Morgan fingerprint density at radius 2 is 1.57 bits per heavy atom. The molecule has 0 bridgehead atoms. The second-order valence-corrected chi connectivity index (χ2v) is 4.87. The van der Waals surface area contributed by atoms with Crippen LogP contribution in [0.5, 0.6) is 5.75 Å². The minimum absolute atomic E-state index is 0.322. The van der Waals surface area contributed by atoms with Gasteiger partial charge < -0.3 is 5.11 Å². The van der Waals surface area contributed by atoms with Crippen LogP contribution in [0.4, 0.5) is 0 Å². The van der Waals surface area contributed by atoms with Crippen LogP contribution < -0.4 is 0 Å². The number of halogens is 1. The fraction of sp³-hybridized carbons (Fsp3) is 0.500. The maximum absolute atomic E-state index is 8.63. The summed E-state index contributed by atoms with van der Waals surface area (Å²) in [5, 5.41) is 8.63. The Bertz CT molecular complexity index is 229. The van der Waals surface area contributed by atoms with Gasteiger partial charge in [-0.1, -0.05) is 53.4 Å². The molecular formula is C12H17BrO. The number of para-hydroxylation sites is 1. The van der Waals surface area contributed by atoms with E-state index in [2.05, 4.69) is 15.9 Å². The highest BCUT2D eigenvalue weighted by atomic mass is 79.9. The van der Waals surface area contributed by atoms with E-state index in [-0.39, 0.29) is 0 Å². The molecule has 2 rings (SSSR count). The zero-order valence-corrected chi connectivity index (χ0v) is 9.91. The Labute approximate surface area is 94.3 Å². The first-order valence-corrected chi connectivity index (χ1v) is 6.08. The zero-order chi connectivity index (χ0) is 10.2. The van der Waals surface area contributed by atoms with Crippen molar-refractivity contribution in [3.63, 3.8) is 0 Å². The first-order chi connectivity index (χ1) is 6.79. The van der Waals surface area contributed by atoms with Gasteiger partial charge in [0.1, 0.15) is 5.75 Å². The van der Waals surface area contributed by atoms with Gasteiger partial charge in [0.25, 0.3) is 0 Å². The average Bonchev–Trinajstić information content (AvgIpc) is 2.21. The second kappa shape index (κ2) is 6.88. The lowest BCUT2D eigenvalue weighted by atomic mass is 10.0. The molecule has 0 amide bonds. The van der Waals surface area contributed by atoms with Gasteiger partial charge in [-0.25, -0.2) is 0 Å². The van der Waals surface area contributed by atoms with Crippen LogP contribution in [0.1, 0.15) is 32.1 Å². The van der Waals surface area contributed by atoms with E-state index in [0.717, 1.165) is 4.83 Å². The molecule has 0 atom stereocenters. The largest absolute Gasteiger partial charge is 0.508 e. The van der Waals surface area contributed by atoms with Crippen LogP contribution in [-0.2, 0) is 0 Å². The number of aromatic hydroxyl groups is 1. The highest BCUT2D eigenvalue weighted by Crippen LogP contribution is 2.22. The molecule has 0 radical (unpaired) electrons. The summed E-state index contributed by atoms with van der Waals surface area (Å²) in [6, 6.07) is 8.71. The summed E-state index contributed by atoms with van der Waals surface area (Å²) in [6.07, 6.45) is 7.15. The van der Waals surface area contributed by atoms with Gasteiger partial charge in [0.2, 0.25) is 0 Å². The molecule has 1 nitrogen and oxygen atoms in total. The maximum Gasteiger partial charge on any atom is 0.115 e. The molecule has 14 heavy (non-hydrogen) atoms. The van der Waals surface area contributed by atoms with Crippen molar-refractivity contribution in [1.29, 1.82) is 0 Å². The van der Waals surface area contributed by atoms with Gasteiger partial charge in [0.15, 0.2) is 0 Å². The van der Waals surface area contributed by atoms with Crippen LogP contribution in [0.3, 0.4) is 0 Å². The van der Waals surface area contributed by atoms with Crippen molar-refractivity contribution in [2.24, 2.45) is 0 Å². The van der Waals surface area contributed by atoms with Gasteiger partial charge in [-0.15, -0.1) is 0 Å². The smallest absolute Gasteiger partial charge is 0.115 e. The summed E-state index contributed by atoms with van der Waals surface area (Å²) in [6.45, 7) is 0. The molecule has 0 unspecified atom stereocenters. The molecule has 2 heteroatoms. The second-order valence-electron chi connectivity index (χ2n) is 3.57. The number of rotatable bonds is 0. The molecule has 0 aliphatic heterocycles. The molecule has 1 saturated carbocycles. The van der Waals surface area contributed by atoms with Crippen LogP contribution in [0.2, 0.25) is 0 Å². The van der Waals surface area contributed by atoms with Crippen LogP contribution in [0, 0.1) is 0 Å². The molecule has 1 aliphatic carbocycles. The van der Waals surface area contributed by atoms with E-state index in [1.807, 2.05) is 6.07 Å². The van der Waals surface area contributed by atoms with Gasteiger partial charge in [-0.2, -0.15) is 0 Å². The van der Waals surface area contributed by atoms with Gasteiger partial charge in [-0.3, -0.25) is 0 Å². The monoisotopic (exact) mass is 256 g/mol. The fourth-order valence-electron chi connectivity index (χ4n) is 1.48. The molecule has 0 spiro atoms. The Morgan fingerprint density at radius 1 is 1.00 bits per heavy atom. The number of hydrogen-bond donors (Lipinski definition) is 1. The van der Waals surface area contributed by atoms with Gasteiger partial charge in [-0.05, 0) is 25.0 Å². The minimum Gasteiger partial charge on any atom is -0.508 e. The van der Waals surface area contributed by atoms with Crippen molar-refractivity contribution in [1.82, 2.24) is 0 Å². The van der Waals surface area contributed by atoms with Crippen molar-refractivity contribution in [2.75, 3.05) is 0 Å². The number of alkyl halides is 1. The summed E-state index contributed by atoms with van der Waals surface area (Å²) >= 11 is 3.59. The molecular weight excluding hydrogens is 240 g/mol. The van der Waals surface area contributed by atoms with Gasteiger partial charge in [0.05, 0.1) is 0 Å². The third-order valence-electron chi connectivity index (χ3n) is 2.29. The number of phenols is 1. The Balaban J connectivity index is 0.000000140. The lowest BCUT2D eigenvalue weighted by Crippen LogP contribution is -2.02. The standard InChI is InChI=1S/C6H11Br.C6H6O/c2*7-6-4-2-1-3-5-6/h6H,1-5H2;1-5,7H. The Morgan fingerprint density at radius 3 is 1.86 bits per heavy atom. The molecule has 0 saturated heterocycles. The van der Waals surface area contributed by atoms with Crippen molar-refractivity contribution in [3.05, 3.63) is 30.3 Å². The predicted molar refractivity (Wildman–Crippen MR) is 63.9 cm³/mol. The lowest BCUT2D eigenvalue weighted by molar-refractivity contribution is 0.475. The van der Waals surface area contributed by atoms with E-state index in [1.54, 1.807) is 24.3 Å². The minimum atomic E-state index is 0.322. The topological polar surface area (TPSA) is 20.2 Å². The first kappa shape index (κ1) is 11.6. The van der Waals surface area contributed by atoms with Crippen molar-refractivity contribution in [3.8, 4) is 5.75 Å². The van der Waals surface area contributed by atoms with Gasteiger partial charge >= 0.3 is 0 Å². The Kier molecular flexibility index (Phi) is 5.69. The average molecular weight is 257 g/mol. The Hall–Kier alpha value is -0.500. The van der Waals surface area contributed by atoms with Crippen LogP contribution in [-0.4, -0.2) is 9.93 Å². The SMILES string of the molecule is BrC1CCCCC1.Oc1ccccc1. The van der Waals surface area contributed by atoms with Crippen LogP contribution in [0.25, 0.3) is 0 Å². The zero-order valence-electron chi connectivity index (χ0n) is 8.32. The molecule has 1 aliphatic rings. The molecule has 0 heterocycles. The van der Waals surface area contributed by atoms with E-state index in [0.29, 0.717) is 5.75 Å². The summed E-state index contributed by atoms with van der Waals surface area (Å²) < 4.78 is 0. The van der Waals surface area contributed by atoms with E-state index >= 15 is 0 Å². The predicted octanol–water partition coefficient (Wildman–Crippen LogP) is 4.11. The molecule has 1 aromatic rings. The highest BCUT2D eigenvalue weighted by Gasteiger charge is 2.07. The highest BCUT2D eigenvalue weighted by molar-refractivity contribution is 9.09. The van der Waals surface area contributed by atoms with Crippen LogP contribution in [0.15, 0.2) is 30.3 Å². The van der Waals surface area contributed by atoms with E-state index < -0.39 is 0 Å². The fourth-order valence-corrected chi connectivity index (χ4v) is 2.13. The summed E-state index contributed by atoms with van der Waals surface area (Å²) in [5.41, 5.74) is 0.